The van der Waals surface area contributed by atoms with Crippen LogP contribution < -0.4 is 16.2 Å². The zero-order valence-electron chi connectivity index (χ0n) is 16.3. The van der Waals surface area contributed by atoms with E-state index in [9.17, 15) is 22.8 Å². The van der Waals surface area contributed by atoms with Crippen LogP contribution >= 0.6 is 0 Å². The maximum Gasteiger partial charge on any atom is 0.431 e. The van der Waals surface area contributed by atoms with Crippen molar-refractivity contribution in [1.29, 1.82) is 0 Å². The van der Waals surface area contributed by atoms with Crippen LogP contribution in [0.1, 0.15) is 38.8 Å². The first-order chi connectivity index (χ1) is 14.2. The molecule has 0 aliphatic carbocycles. The Morgan fingerprint density at radius 2 is 1.50 bits per heavy atom. The normalized spacial score (nSPS) is 12.3. The van der Waals surface area contributed by atoms with Gasteiger partial charge in [0.25, 0.3) is 11.5 Å². The molecule has 3 rings (SSSR count). The van der Waals surface area contributed by atoms with Crippen LogP contribution in [0.2, 0.25) is 0 Å². The van der Waals surface area contributed by atoms with Crippen molar-refractivity contribution in [3.05, 3.63) is 99.0 Å². The summed E-state index contributed by atoms with van der Waals surface area (Å²) in [6.07, 6.45) is -4.70. The van der Waals surface area contributed by atoms with Gasteiger partial charge in [0.05, 0.1) is 6.04 Å². The van der Waals surface area contributed by atoms with Crippen molar-refractivity contribution in [2.24, 2.45) is 0 Å². The number of aromatic amines is 1. The van der Waals surface area contributed by atoms with Crippen molar-refractivity contribution in [1.82, 2.24) is 10.3 Å². The van der Waals surface area contributed by atoms with Crippen molar-refractivity contribution >= 4 is 11.6 Å². The fourth-order valence-electron chi connectivity index (χ4n) is 2.99. The molecule has 0 bridgehead atoms. The van der Waals surface area contributed by atoms with Gasteiger partial charge in [0.15, 0.2) is 0 Å². The summed E-state index contributed by atoms with van der Waals surface area (Å²) in [6.45, 7) is 1.93. The van der Waals surface area contributed by atoms with Crippen molar-refractivity contribution in [3.8, 4) is 0 Å². The maximum absolute atomic E-state index is 12.8. The monoisotopic (exact) mass is 415 g/mol. The Bertz CT molecular complexity index is 1090. The van der Waals surface area contributed by atoms with Gasteiger partial charge in [-0.05, 0) is 42.3 Å². The predicted octanol–water partition coefficient (Wildman–Crippen LogP) is 4.26. The Morgan fingerprint density at radius 1 is 0.933 bits per heavy atom. The molecule has 5 nitrogen and oxygen atoms in total. The lowest BCUT2D eigenvalue weighted by atomic mass is 9.97. The molecule has 0 saturated carbocycles. The number of anilines is 1. The zero-order valence-corrected chi connectivity index (χ0v) is 16.3. The van der Waals surface area contributed by atoms with Crippen LogP contribution in [0.25, 0.3) is 0 Å². The summed E-state index contributed by atoms with van der Waals surface area (Å²) in [6, 6.07) is 15.8. The smallest absolute Gasteiger partial charge is 0.388 e. The first kappa shape index (κ1) is 21.2. The Kier molecular flexibility index (Phi) is 5.96. The third kappa shape index (κ3) is 4.71. The number of alkyl halides is 3. The van der Waals surface area contributed by atoms with Gasteiger partial charge in [-0.25, -0.2) is 0 Å². The number of rotatable bonds is 5. The topological polar surface area (TPSA) is 74.0 Å². The highest BCUT2D eigenvalue weighted by molar-refractivity contribution is 5.94. The molecule has 1 amide bonds. The largest absolute Gasteiger partial charge is 0.431 e. The van der Waals surface area contributed by atoms with Gasteiger partial charge in [-0.15, -0.1) is 0 Å². The highest BCUT2D eigenvalue weighted by Gasteiger charge is 2.32. The Morgan fingerprint density at radius 3 is 2.00 bits per heavy atom. The highest BCUT2D eigenvalue weighted by Crippen LogP contribution is 2.27. The van der Waals surface area contributed by atoms with E-state index < -0.39 is 34.9 Å². The molecule has 1 unspecified atom stereocenters. The number of nitrogens with one attached hydrogen (secondary N) is 3. The van der Waals surface area contributed by atoms with Crippen LogP contribution in [0, 0.1) is 6.92 Å². The summed E-state index contributed by atoms with van der Waals surface area (Å²) in [5.41, 5.74) is 0.744. The molecule has 0 saturated heterocycles. The Balaban J connectivity index is 1.95. The van der Waals surface area contributed by atoms with E-state index in [0.29, 0.717) is 6.07 Å². The third-order valence-electron chi connectivity index (χ3n) is 4.68. The average Bonchev–Trinajstić information content (AvgIpc) is 2.72. The Labute approximate surface area is 171 Å². The number of pyridine rings is 1. The maximum atomic E-state index is 12.8. The molecule has 156 valence electrons. The Hall–Kier alpha value is -3.55. The van der Waals surface area contributed by atoms with E-state index in [1.54, 1.807) is 12.0 Å². The summed E-state index contributed by atoms with van der Waals surface area (Å²) in [4.78, 5) is 26.6. The molecular formula is C22H20F3N3O2. The number of aryl methyl sites for hydroxylation is 1. The molecule has 3 N–H and O–H groups in total. The molecular weight excluding hydrogens is 395 g/mol. The van der Waals surface area contributed by atoms with Gasteiger partial charge in [0.1, 0.15) is 11.3 Å². The van der Waals surface area contributed by atoms with Crippen molar-refractivity contribution < 1.29 is 18.0 Å². The lowest BCUT2D eigenvalue weighted by Crippen LogP contribution is -2.34. The molecule has 30 heavy (non-hydrogen) atoms. The van der Waals surface area contributed by atoms with Gasteiger partial charge in [-0.2, -0.15) is 13.2 Å². The molecule has 8 heteroatoms. The summed E-state index contributed by atoms with van der Waals surface area (Å²) in [5.74, 6) is -0.770. The van der Waals surface area contributed by atoms with Crippen LogP contribution in [0.3, 0.4) is 0 Å². The molecule has 0 radical (unpaired) electrons. The molecule has 0 spiro atoms. The first-order valence-corrected chi connectivity index (χ1v) is 9.14. The second-order valence-corrected chi connectivity index (χ2v) is 6.80. The van der Waals surface area contributed by atoms with Gasteiger partial charge in [-0.1, -0.05) is 42.0 Å². The number of carbonyl (C=O) groups is 1. The molecule has 0 aliphatic heterocycles. The lowest BCUT2D eigenvalue weighted by Gasteiger charge is -2.20. The van der Waals surface area contributed by atoms with Crippen LogP contribution in [0.4, 0.5) is 18.9 Å². The van der Waals surface area contributed by atoms with E-state index in [2.05, 4.69) is 10.6 Å². The van der Waals surface area contributed by atoms with Crippen LogP contribution in [-0.2, 0) is 6.18 Å². The molecule has 3 aromatic rings. The number of hydrogen-bond donors (Lipinski definition) is 3. The zero-order chi connectivity index (χ0) is 21.9. The molecule has 1 atom stereocenters. The lowest BCUT2D eigenvalue weighted by molar-refractivity contribution is -0.141. The number of halogens is 3. The van der Waals surface area contributed by atoms with Crippen LogP contribution in [0.5, 0.6) is 0 Å². The number of amides is 1. The highest BCUT2D eigenvalue weighted by atomic mass is 19.4. The number of H-pyrrole nitrogens is 1. The number of hydrogen-bond acceptors (Lipinski definition) is 3. The number of aromatic nitrogens is 1. The molecule has 1 heterocycles. The fourth-order valence-corrected chi connectivity index (χ4v) is 2.99. The van der Waals surface area contributed by atoms with Crippen LogP contribution in [-0.4, -0.2) is 17.9 Å². The first-order valence-electron chi connectivity index (χ1n) is 9.14. The van der Waals surface area contributed by atoms with Crippen molar-refractivity contribution in [3.63, 3.8) is 0 Å². The summed E-state index contributed by atoms with van der Waals surface area (Å²) in [7, 11) is 1.78. The minimum absolute atomic E-state index is 0.396. The quantitative estimate of drug-likeness (QED) is 0.583. The van der Waals surface area contributed by atoms with E-state index in [0.717, 1.165) is 28.4 Å². The molecule has 2 aromatic carbocycles. The standard InChI is InChI=1S/C22H20F3N3O2/c1-13-3-5-14(6-4-13)19(15-7-9-16(26-2)10-8-15)28-21(30)17-11-12-18(22(23,24)25)27-20(17)29/h3-12,19,26H,1-2H3,(H,27,29)(H,28,30). The van der Waals surface area contributed by atoms with Gasteiger partial charge in [0.2, 0.25) is 0 Å². The van der Waals surface area contributed by atoms with E-state index in [-0.39, 0.29) is 0 Å². The van der Waals surface area contributed by atoms with E-state index in [1.165, 1.54) is 0 Å². The number of carbonyl (C=O) groups excluding carboxylic acids is 1. The molecule has 0 fully saturated rings. The second kappa shape index (κ2) is 8.44. The summed E-state index contributed by atoms with van der Waals surface area (Å²) in [5, 5.41) is 5.77. The van der Waals surface area contributed by atoms with Gasteiger partial charge in [-0.3, -0.25) is 9.59 Å². The number of benzene rings is 2. The summed E-state index contributed by atoms with van der Waals surface area (Å²) < 4.78 is 38.3. The fraction of sp³-hybridized carbons (Fsp3) is 0.182. The van der Waals surface area contributed by atoms with Crippen molar-refractivity contribution in [2.45, 2.75) is 19.1 Å². The van der Waals surface area contributed by atoms with Crippen LogP contribution in [0.15, 0.2) is 65.5 Å². The molecule has 0 aliphatic rings. The summed E-state index contributed by atoms with van der Waals surface area (Å²) >= 11 is 0. The van der Waals surface area contributed by atoms with Gasteiger partial charge < -0.3 is 15.6 Å². The predicted molar refractivity (Wildman–Crippen MR) is 109 cm³/mol. The molecule has 1 aromatic heterocycles. The van der Waals surface area contributed by atoms with E-state index in [4.69, 9.17) is 0 Å². The minimum Gasteiger partial charge on any atom is -0.388 e. The third-order valence-corrected chi connectivity index (χ3v) is 4.68. The van der Waals surface area contributed by atoms with Gasteiger partial charge >= 0.3 is 6.18 Å². The van der Waals surface area contributed by atoms with E-state index >= 15 is 0 Å². The average molecular weight is 415 g/mol. The van der Waals surface area contributed by atoms with E-state index in [1.807, 2.05) is 55.5 Å². The second-order valence-electron chi connectivity index (χ2n) is 6.80. The SMILES string of the molecule is CNc1ccc(C(NC(=O)c2ccc(C(F)(F)F)[nH]c2=O)c2ccc(C)cc2)cc1. The van der Waals surface area contributed by atoms with Gasteiger partial charge in [0, 0.05) is 12.7 Å². The minimum atomic E-state index is -4.70. The van der Waals surface area contributed by atoms with Crippen molar-refractivity contribution in [2.75, 3.05) is 12.4 Å².